The molecule has 2 rings (SSSR count). The molecule has 0 aliphatic carbocycles. The van der Waals surface area contributed by atoms with Crippen molar-refractivity contribution in [3.8, 4) is 0 Å². The van der Waals surface area contributed by atoms with Crippen LogP contribution in [0.4, 0.5) is 0 Å². The van der Waals surface area contributed by atoms with Crippen LogP contribution < -0.4 is 0 Å². The summed E-state index contributed by atoms with van der Waals surface area (Å²) in [4.78, 5) is 0. The molecule has 0 aromatic carbocycles. The summed E-state index contributed by atoms with van der Waals surface area (Å²) in [5.74, 6) is -0.514. The van der Waals surface area contributed by atoms with E-state index in [9.17, 15) is 0 Å². The number of ether oxygens (including phenoxy) is 2. The third-order valence-electron chi connectivity index (χ3n) is 3.14. The zero-order chi connectivity index (χ0) is 11.5. The Morgan fingerprint density at radius 1 is 0.867 bits per heavy atom. The fraction of sp³-hybridized carbons (Fsp3) is 1.00. The monoisotopic (exact) mass is 340 g/mol. The quantitative estimate of drug-likeness (QED) is 0.621. The van der Waals surface area contributed by atoms with E-state index in [0.717, 1.165) is 19.3 Å². The highest BCUT2D eigenvalue weighted by Crippen LogP contribution is 2.60. The maximum atomic E-state index is 6.13. The van der Waals surface area contributed by atoms with Crippen LogP contribution in [-0.4, -0.2) is 20.2 Å². The number of hydrogen-bond acceptors (Lipinski definition) is 2. The Kier molecular flexibility index (Phi) is 2.64. The van der Waals surface area contributed by atoms with Crippen molar-refractivity contribution in [3.05, 3.63) is 0 Å². The first-order chi connectivity index (χ1) is 6.58. The summed E-state index contributed by atoms with van der Waals surface area (Å²) >= 11 is 7.44. The summed E-state index contributed by atoms with van der Waals surface area (Å²) in [6, 6.07) is 0. The number of rotatable bonds is 0. The van der Waals surface area contributed by atoms with Gasteiger partial charge in [0.25, 0.3) is 0 Å². The second kappa shape index (κ2) is 3.21. The fourth-order valence-electron chi connectivity index (χ4n) is 2.57. The molecule has 2 nitrogen and oxygen atoms in total. The minimum absolute atomic E-state index is 0.0901. The first-order valence-corrected chi connectivity index (χ1v) is 6.94. The first kappa shape index (κ1) is 12.3. The SMILES string of the molecule is CC1(C)CCC2(O1)OC(C)(C)CC2(Br)Br. The van der Waals surface area contributed by atoms with Crippen molar-refractivity contribution in [2.24, 2.45) is 0 Å². The molecule has 0 bridgehead atoms. The van der Waals surface area contributed by atoms with Gasteiger partial charge in [0, 0.05) is 12.8 Å². The average Bonchev–Trinajstić information content (AvgIpc) is 2.30. The maximum absolute atomic E-state index is 6.13. The van der Waals surface area contributed by atoms with Gasteiger partial charge >= 0.3 is 0 Å². The maximum Gasteiger partial charge on any atom is 0.194 e. The molecule has 2 aliphatic heterocycles. The number of hydrogen-bond donors (Lipinski definition) is 0. The van der Waals surface area contributed by atoms with Gasteiger partial charge in [-0.3, -0.25) is 0 Å². The van der Waals surface area contributed by atoms with Gasteiger partial charge in [-0.2, -0.15) is 0 Å². The summed E-state index contributed by atoms with van der Waals surface area (Å²) in [5.41, 5.74) is -0.235. The highest BCUT2D eigenvalue weighted by atomic mass is 79.9. The zero-order valence-electron chi connectivity index (χ0n) is 9.69. The van der Waals surface area contributed by atoms with Crippen molar-refractivity contribution >= 4 is 31.9 Å². The smallest absolute Gasteiger partial charge is 0.194 e. The molecular formula is C11H18Br2O2. The van der Waals surface area contributed by atoms with Gasteiger partial charge in [0.15, 0.2) is 5.79 Å². The molecule has 0 radical (unpaired) electrons. The summed E-state index contributed by atoms with van der Waals surface area (Å²) in [5, 5.41) is 0. The molecule has 0 saturated carbocycles. The number of halogens is 2. The Hall–Kier alpha value is 0.880. The summed E-state index contributed by atoms with van der Waals surface area (Å²) < 4.78 is 12.0. The van der Waals surface area contributed by atoms with Crippen molar-refractivity contribution in [1.29, 1.82) is 0 Å². The topological polar surface area (TPSA) is 18.5 Å². The molecule has 0 aromatic heterocycles. The van der Waals surface area contributed by atoms with E-state index in [1.54, 1.807) is 0 Å². The molecular weight excluding hydrogens is 324 g/mol. The van der Waals surface area contributed by atoms with Gasteiger partial charge in [0.05, 0.1) is 11.2 Å². The van der Waals surface area contributed by atoms with Crippen molar-refractivity contribution < 1.29 is 9.47 Å². The van der Waals surface area contributed by atoms with Crippen LogP contribution in [0.2, 0.25) is 0 Å². The van der Waals surface area contributed by atoms with Gasteiger partial charge in [-0.25, -0.2) is 0 Å². The molecule has 0 amide bonds. The normalized spacial score (nSPS) is 41.2. The summed E-state index contributed by atoms with van der Waals surface area (Å²) in [7, 11) is 0. The van der Waals surface area contributed by atoms with Gasteiger partial charge in [-0.15, -0.1) is 0 Å². The lowest BCUT2D eigenvalue weighted by Crippen LogP contribution is -2.44. The number of alkyl halides is 2. The van der Waals surface area contributed by atoms with E-state index in [1.807, 2.05) is 0 Å². The standard InChI is InChI=1S/C11H18Br2O2/c1-8(2)5-6-11(14-8)10(12,13)7-9(3,4)15-11/h5-7H2,1-4H3. The molecule has 0 N–H and O–H groups in total. The van der Waals surface area contributed by atoms with Crippen LogP contribution in [0.3, 0.4) is 0 Å². The van der Waals surface area contributed by atoms with Gasteiger partial charge in [0.2, 0.25) is 0 Å². The molecule has 2 aliphatic rings. The summed E-state index contributed by atoms with van der Waals surface area (Å²) in [6.45, 7) is 8.44. The molecule has 15 heavy (non-hydrogen) atoms. The van der Waals surface area contributed by atoms with Gasteiger partial charge in [0.1, 0.15) is 3.23 Å². The van der Waals surface area contributed by atoms with Crippen LogP contribution in [0.5, 0.6) is 0 Å². The van der Waals surface area contributed by atoms with E-state index in [2.05, 4.69) is 59.6 Å². The minimum atomic E-state index is -0.514. The van der Waals surface area contributed by atoms with Crippen molar-refractivity contribution in [3.63, 3.8) is 0 Å². The van der Waals surface area contributed by atoms with E-state index in [1.165, 1.54) is 0 Å². The lowest BCUT2D eigenvalue weighted by Gasteiger charge is -2.35. The fourth-order valence-corrected chi connectivity index (χ4v) is 4.64. The molecule has 88 valence electrons. The molecule has 2 saturated heterocycles. The van der Waals surface area contributed by atoms with Gasteiger partial charge < -0.3 is 9.47 Å². The lowest BCUT2D eigenvalue weighted by molar-refractivity contribution is -0.250. The summed E-state index contributed by atoms with van der Waals surface area (Å²) in [6.07, 6.45) is 2.86. The first-order valence-electron chi connectivity index (χ1n) is 5.36. The molecule has 1 unspecified atom stereocenters. The van der Waals surface area contributed by atoms with Crippen LogP contribution in [-0.2, 0) is 9.47 Å². The van der Waals surface area contributed by atoms with Crippen LogP contribution in [0.15, 0.2) is 0 Å². The molecule has 0 aromatic rings. The highest BCUT2D eigenvalue weighted by Gasteiger charge is 2.65. The van der Waals surface area contributed by atoms with E-state index in [-0.39, 0.29) is 14.4 Å². The van der Waals surface area contributed by atoms with Crippen LogP contribution in [0.25, 0.3) is 0 Å². The molecule has 1 atom stereocenters. The lowest BCUT2D eigenvalue weighted by atomic mass is 10.0. The van der Waals surface area contributed by atoms with Crippen molar-refractivity contribution in [2.45, 2.75) is 67.2 Å². The van der Waals surface area contributed by atoms with Crippen LogP contribution in [0, 0.1) is 0 Å². The van der Waals surface area contributed by atoms with Crippen LogP contribution >= 0.6 is 31.9 Å². The Morgan fingerprint density at radius 3 is 1.73 bits per heavy atom. The van der Waals surface area contributed by atoms with Gasteiger partial charge in [-0.05, 0) is 34.1 Å². The van der Waals surface area contributed by atoms with E-state index < -0.39 is 5.79 Å². The van der Waals surface area contributed by atoms with E-state index in [0.29, 0.717) is 0 Å². The Labute approximate surface area is 108 Å². The molecule has 4 heteroatoms. The van der Waals surface area contributed by atoms with Crippen molar-refractivity contribution in [2.75, 3.05) is 0 Å². The van der Waals surface area contributed by atoms with Crippen LogP contribution in [0.1, 0.15) is 47.0 Å². The Balaban J connectivity index is 2.30. The predicted molar refractivity (Wildman–Crippen MR) is 67.5 cm³/mol. The largest absolute Gasteiger partial charge is 0.342 e. The molecule has 2 heterocycles. The molecule has 1 spiro atoms. The Morgan fingerprint density at radius 2 is 1.40 bits per heavy atom. The minimum Gasteiger partial charge on any atom is -0.342 e. The van der Waals surface area contributed by atoms with E-state index >= 15 is 0 Å². The molecule has 2 fully saturated rings. The zero-order valence-corrected chi connectivity index (χ0v) is 12.9. The Bertz CT molecular complexity index is 282. The average molecular weight is 342 g/mol. The highest BCUT2D eigenvalue weighted by molar-refractivity contribution is 9.25. The van der Waals surface area contributed by atoms with Gasteiger partial charge in [-0.1, -0.05) is 31.9 Å². The van der Waals surface area contributed by atoms with Crippen molar-refractivity contribution in [1.82, 2.24) is 0 Å². The second-order valence-corrected chi connectivity index (χ2v) is 9.63. The third-order valence-corrected chi connectivity index (χ3v) is 4.91. The third kappa shape index (κ3) is 2.03. The predicted octanol–water partition coefficient (Wildman–Crippen LogP) is 3.96. The second-order valence-electron chi connectivity index (χ2n) is 5.86. The van der Waals surface area contributed by atoms with E-state index in [4.69, 9.17) is 9.47 Å².